The summed E-state index contributed by atoms with van der Waals surface area (Å²) in [5, 5.41) is 8.94. The van der Waals surface area contributed by atoms with Crippen LogP contribution in [-0.4, -0.2) is 77.3 Å². The average Bonchev–Trinajstić information content (AvgIpc) is 2.76. The summed E-state index contributed by atoms with van der Waals surface area (Å²) in [6, 6.07) is 0. The predicted molar refractivity (Wildman–Crippen MR) is 84.6 cm³/mol. The number of nitrogens with one attached hydrogen (secondary N) is 1. The molecule has 0 spiro atoms. The summed E-state index contributed by atoms with van der Waals surface area (Å²) in [6.07, 6.45) is 0. The van der Waals surface area contributed by atoms with Gasteiger partial charge in [-0.2, -0.15) is 0 Å². The highest BCUT2D eigenvalue weighted by Gasteiger charge is 2.23. The number of piperazine rings is 1. The number of aromatic nitrogens is 1. The molecule has 1 aromatic heterocycles. The first kappa shape index (κ1) is 16.9. The molecule has 122 valence electrons. The van der Waals surface area contributed by atoms with Gasteiger partial charge >= 0.3 is 0 Å². The molecule has 6 heteroatoms. The molecule has 0 bridgehead atoms. The monoisotopic (exact) mass is 307 g/mol. The molecule has 1 aliphatic heterocycles. The normalized spacial score (nSPS) is 16.9. The first-order valence-electron chi connectivity index (χ1n) is 7.73. The van der Waals surface area contributed by atoms with Crippen molar-refractivity contribution in [3.63, 3.8) is 0 Å². The van der Waals surface area contributed by atoms with E-state index >= 15 is 0 Å². The van der Waals surface area contributed by atoms with Crippen LogP contribution < -0.4 is 0 Å². The Hall–Kier alpha value is -1.50. The van der Waals surface area contributed by atoms with Gasteiger partial charge in [0.25, 0.3) is 0 Å². The molecule has 0 aliphatic carbocycles. The lowest BCUT2D eigenvalue weighted by atomic mass is 10.1. The fourth-order valence-corrected chi connectivity index (χ4v) is 3.15. The fraction of sp³-hybridized carbons (Fsp3) is 0.625. The molecule has 0 saturated carbocycles. The van der Waals surface area contributed by atoms with E-state index in [1.165, 1.54) is 6.92 Å². The van der Waals surface area contributed by atoms with Crippen LogP contribution in [0.15, 0.2) is 0 Å². The molecule has 2 heterocycles. The van der Waals surface area contributed by atoms with Gasteiger partial charge in [-0.1, -0.05) is 0 Å². The molecule has 0 atom stereocenters. The van der Waals surface area contributed by atoms with E-state index in [0.29, 0.717) is 24.3 Å². The van der Waals surface area contributed by atoms with Crippen molar-refractivity contribution in [1.82, 2.24) is 14.8 Å². The smallest absolute Gasteiger partial charge is 0.193 e. The summed E-state index contributed by atoms with van der Waals surface area (Å²) < 4.78 is 0. The molecule has 0 unspecified atom stereocenters. The number of hydrogen-bond donors (Lipinski definition) is 2. The fourth-order valence-electron chi connectivity index (χ4n) is 3.15. The van der Waals surface area contributed by atoms with Gasteiger partial charge in [-0.25, -0.2) is 0 Å². The SMILES string of the molecule is CC(=O)c1c(C)[nH]c(C(=O)CN2CCN(CCO)CC2)c1C. The maximum atomic E-state index is 12.5. The lowest BCUT2D eigenvalue weighted by Gasteiger charge is -2.33. The summed E-state index contributed by atoms with van der Waals surface area (Å²) in [4.78, 5) is 31.5. The zero-order chi connectivity index (χ0) is 16.3. The van der Waals surface area contributed by atoms with Crippen molar-refractivity contribution < 1.29 is 14.7 Å². The highest BCUT2D eigenvalue weighted by molar-refractivity contribution is 6.03. The number of rotatable bonds is 6. The number of aliphatic hydroxyl groups excluding tert-OH is 1. The second-order valence-electron chi connectivity index (χ2n) is 5.95. The second kappa shape index (κ2) is 7.17. The van der Waals surface area contributed by atoms with Gasteiger partial charge in [0.05, 0.1) is 18.8 Å². The van der Waals surface area contributed by atoms with Crippen LogP contribution in [0, 0.1) is 13.8 Å². The lowest BCUT2D eigenvalue weighted by Crippen LogP contribution is -2.48. The Morgan fingerprint density at radius 1 is 1.14 bits per heavy atom. The number of aryl methyl sites for hydroxylation is 1. The second-order valence-corrected chi connectivity index (χ2v) is 5.95. The predicted octanol–water partition coefficient (Wildman–Crippen LogP) is 0.627. The lowest BCUT2D eigenvalue weighted by molar-refractivity contribution is 0.0818. The molecule has 6 nitrogen and oxygen atoms in total. The molecule has 1 aliphatic rings. The van der Waals surface area contributed by atoms with Gasteiger partial charge in [0.15, 0.2) is 11.6 Å². The number of H-pyrrole nitrogens is 1. The third-order valence-electron chi connectivity index (χ3n) is 4.32. The molecular formula is C16H25N3O3. The van der Waals surface area contributed by atoms with Crippen LogP contribution in [0.4, 0.5) is 0 Å². The van der Waals surface area contributed by atoms with E-state index in [-0.39, 0.29) is 18.2 Å². The van der Waals surface area contributed by atoms with E-state index in [1.54, 1.807) is 0 Å². The number of aromatic amines is 1. The highest BCUT2D eigenvalue weighted by Crippen LogP contribution is 2.19. The largest absolute Gasteiger partial charge is 0.395 e. The number of carbonyl (C=O) groups is 2. The summed E-state index contributed by atoms with van der Waals surface area (Å²) in [7, 11) is 0. The Kier molecular flexibility index (Phi) is 5.50. The topological polar surface area (TPSA) is 76.6 Å². The van der Waals surface area contributed by atoms with Gasteiger partial charge in [0, 0.05) is 44.0 Å². The van der Waals surface area contributed by atoms with Gasteiger partial charge < -0.3 is 10.1 Å². The molecule has 1 aromatic rings. The summed E-state index contributed by atoms with van der Waals surface area (Å²) in [6.45, 7) is 9.80. The maximum absolute atomic E-state index is 12.5. The van der Waals surface area contributed by atoms with E-state index in [4.69, 9.17) is 5.11 Å². The Bertz CT molecular complexity index is 557. The third kappa shape index (κ3) is 3.63. The van der Waals surface area contributed by atoms with Gasteiger partial charge in [-0.05, 0) is 26.3 Å². The molecule has 0 aromatic carbocycles. The Morgan fingerprint density at radius 3 is 2.23 bits per heavy atom. The van der Waals surface area contributed by atoms with Crippen LogP contribution in [-0.2, 0) is 0 Å². The average molecular weight is 307 g/mol. The van der Waals surface area contributed by atoms with Crippen LogP contribution >= 0.6 is 0 Å². The number of β-amino-alcohol motifs (C(OH)–C–C–N with tert-alkyl or cyclic N) is 1. The molecule has 0 amide bonds. The zero-order valence-corrected chi connectivity index (χ0v) is 13.6. The van der Waals surface area contributed by atoms with E-state index in [0.717, 1.165) is 37.4 Å². The van der Waals surface area contributed by atoms with Gasteiger partial charge in [-0.15, -0.1) is 0 Å². The van der Waals surface area contributed by atoms with Crippen LogP contribution in [0.1, 0.15) is 39.0 Å². The molecule has 2 rings (SSSR count). The van der Waals surface area contributed by atoms with E-state index < -0.39 is 0 Å². The number of aliphatic hydroxyl groups is 1. The van der Waals surface area contributed by atoms with Crippen molar-refractivity contribution in [1.29, 1.82) is 0 Å². The van der Waals surface area contributed by atoms with E-state index in [2.05, 4.69) is 14.8 Å². The molecule has 2 N–H and O–H groups in total. The number of carbonyl (C=O) groups excluding carboxylic acids is 2. The van der Waals surface area contributed by atoms with Crippen molar-refractivity contribution in [2.45, 2.75) is 20.8 Å². The van der Waals surface area contributed by atoms with Crippen LogP contribution in [0.3, 0.4) is 0 Å². The van der Waals surface area contributed by atoms with Gasteiger partial charge in [0.2, 0.25) is 0 Å². The Morgan fingerprint density at radius 2 is 1.73 bits per heavy atom. The first-order valence-corrected chi connectivity index (χ1v) is 7.73. The number of Topliss-reactive ketones (excluding diaryl/α,β-unsaturated/α-hetero) is 2. The molecular weight excluding hydrogens is 282 g/mol. The van der Waals surface area contributed by atoms with Crippen LogP contribution in [0.5, 0.6) is 0 Å². The van der Waals surface area contributed by atoms with E-state index in [9.17, 15) is 9.59 Å². The summed E-state index contributed by atoms with van der Waals surface area (Å²) >= 11 is 0. The minimum absolute atomic E-state index is 0.0112. The number of hydrogen-bond acceptors (Lipinski definition) is 5. The summed E-state index contributed by atoms with van der Waals surface area (Å²) in [5.74, 6) is 0.0200. The Labute approximate surface area is 131 Å². The summed E-state index contributed by atoms with van der Waals surface area (Å²) in [5.41, 5.74) is 2.71. The first-order chi connectivity index (χ1) is 10.4. The van der Waals surface area contributed by atoms with Gasteiger partial charge in [-0.3, -0.25) is 19.4 Å². The zero-order valence-electron chi connectivity index (χ0n) is 13.6. The minimum atomic E-state index is -0.0112. The van der Waals surface area contributed by atoms with Gasteiger partial charge in [0.1, 0.15) is 0 Å². The molecule has 1 fully saturated rings. The number of nitrogens with zero attached hydrogens (tertiary/aromatic N) is 2. The van der Waals surface area contributed by atoms with Crippen molar-refractivity contribution in [3.05, 3.63) is 22.5 Å². The molecule has 22 heavy (non-hydrogen) atoms. The molecule has 1 saturated heterocycles. The highest BCUT2D eigenvalue weighted by atomic mass is 16.3. The standard InChI is InChI=1S/C16H25N3O3/c1-11-15(13(3)21)12(2)17-16(11)14(22)10-19-6-4-18(5-7-19)8-9-20/h17,20H,4-10H2,1-3H3. The Balaban J connectivity index is 1.99. The minimum Gasteiger partial charge on any atom is -0.395 e. The van der Waals surface area contributed by atoms with Crippen molar-refractivity contribution in [3.8, 4) is 0 Å². The maximum Gasteiger partial charge on any atom is 0.193 e. The van der Waals surface area contributed by atoms with Crippen LogP contribution in [0.25, 0.3) is 0 Å². The quantitative estimate of drug-likeness (QED) is 0.754. The number of ketones is 2. The van der Waals surface area contributed by atoms with Crippen molar-refractivity contribution in [2.75, 3.05) is 45.9 Å². The molecule has 0 radical (unpaired) electrons. The van der Waals surface area contributed by atoms with Crippen molar-refractivity contribution >= 4 is 11.6 Å². The third-order valence-corrected chi connectivity index (χ3v) is 4.32. The van der Waals surface area contributed by atoms with E-state index in [1.807, 2.05) is 13.8 Å². The van der Waals surface area contributed by atoms with Crippen molar-refractivity contribution in [2.24, 2.45) is 0 Å². The van der Waals surface area contributed by atoms with Crippen LogP contribution in [0.2, 0.25) is 0 Å².